The zero-order valence-corrected chi connectivity index (χ0v) is 12.4. The molecule has 2 rings (SSSR count). The van der Waals surface area contributed by atoms with Crippen LogP contribution in [0.15, 0.2) is 18.2 Å². The molecule has 1 aromatic carbocycles. The highest BCUT2D eigenvalue weighted by atomic mass is 19.1. The molecule has 106 valence electrons. The summed E-state index contributed by atoms with van der Waals surface area (Å²) < 4.78 is 13.4. The fourth-order valence-corrected chi connectivity index (χ4v) is 2.82. The van der Waals surface area contributed by atoms with E-state index in [-0.39, 0.29) is 5.82 Å². The molecule has 0 saturated carbocycles. The number of rotatable bonds is 3. The first-order chi connectivity index (χ1) is 8.97. The monoisotopic (exact) mass is 264 g/mol. The highest BCUT2D eigenvalue weighted by molar-refractivity contribution is 5.50. The van der Waals surface area contributed by atoms with Gasteiger partial charge in [-0.15, -0.1) is 0 Å². The van der Waals surface area contributed by atoms with Gasteiger partial charge >= 0.3 is 0 Å². The lowest BCUT2D eigenvalue weighted by atomic mass is 9.99. The van der Waals surface area contributed by atoms with Gasteiger partial charge in [-0.1, -0.05) is 13.8 Å². The predicted molar refractivity (Wildman–Crippen MR) is 79.2 cm³/mol. The molecule has 19 heavy (non-hydrogen) atoms. The van der Waals surface area contributed by atoms with Crippen LogP contribution < -0.4 is 10.2 Å². The van der Waals surface area contributed by atoms with Crippen molar-refractivity contribution < 1.29 is 4.39 Å². The van der Waals surface area contributed by atoms with Gasteiger partial charge in [-0.3, -0.25) is 0 Å². The fourth-order valence-electron chi connectivity index (χ4n) is 2.82. The first-order valence-corrected chi connectivity index (χ1v) is 7.23. The number of hydrogen-bond acceptors (Lipinski definition) is 2. The normalized spacial score (nSPS) is 24.0. The Morgan fingerprint density at radius 1 is 1.42 bits per heavy atom. The topological polar surface area (TPSA) is 15.3 Å². The second-order valence-electron chi connectivity index (χ2n) is 6.17. The van der Waals surface area contributed by atoms with Crippen LogP contribution in [-0.4, -0.2) is 25.2 Å². The highest BCUT2D eigenvalue weighted by Gasteiger charge is 2.25. The number of halogens is 1. The van der Waals surface area contributed by atoms with Gasteiger partial charge in [-0.2, -0.15) is 0 Å². The molecule has 1 aliphatic heterocycles. The molecular formula is C16H25FN2. The van der Waals surface area contributed by atoms with Crippen molar-refractivity contribution in [3.05, 3.63) is 29.6 Å². The molecule has 0 aromatic heterocycles. The molecule has 1 saturated heterocycles. The Labute approximate surface area is 116 Å². The van der Waals surface area contributed by atoms with Crippen molar-refractivity contribution in [1.82, 2.24) is 5.32 Å². The van der Waals surface area contributed by atoms with Crippen molar-refractivity contribution in [2.45, 2.75) is 46.2 Å². The second kappa shape index (κ2) is 5.91. The van der Waals surface area contributed by atoms with Crippen molar-refractivity contribution in [2.24, 2.45) is 5.92 Å². The maximum atomic E-state index is 13.4. The number of nitrogens with zero attached hydrogens (tertiary/aromatic N) is 1. The van der Waals surface area contributed by atoms with Gasteiger partial charge in [-0.05, 0) is 49.9 Å². The van der Waals surface area contributed by atoms with E-state index in [4.69, 9.17) is 0 Å². The zero-order valence-electron chi connectivity index (χ0n) is 12.4. The van der Waals surface area contributed by atoms with Gasteiger partial charge in [-0.25, -0.2) is 4.39 Å². The summed E-state index contributed by atoms with van der Waals surface area (Å²) in [7, 11) is 0. The van der Waals surface area contributed by atoms with Crippen LogP contribution in [0.25, 0.3) is 0 Å². The summed E-state index contributed by atoms with van der Waals surface area (Å²) in [5.74, 6) is 0.577. The number of anilines is 1. The van der Waals surface area contributed by atoms with Crippen molar-refractivity contribution in [2.75, 3.05) is 18.0 Å². The maximum absolute atomic E-state index is 13.4. The SMILES string of the molecule is Cc1cc(N2CC(CC(C)C)NCC2C)ccc1F. The Kier molecular flexibility index (Phi) is 4.46. The van der Waals surface area contributed by atoms with Gasteiger partial charge in [0, 0.05) is 30.9 Å². The van der Waals surface area contributed by atoms with Crippen molar-refractivity contribution in [3.63, 3.8) is 0 Å². The van der Waals surface area contributed by atoms with E-state index >= 15 is 0 Å². The van der Waals surface area contributed by atoms with Crippen LogP contribution in [0, 0.1) is 18.7 Å². The lowest BCUT2D eigenvalue weighted by molar-refractivity contribution is 0.356. The van der Waals surface area contributed by atoms with Gasteiger partial charge in [0.15, 0.2) is 0 Å². The van der Waals surface area contributed by atoms with E-state index in [1.807, 2.05) is 19.1 Å². The Morgan fingerprint density at radius 2 is 2.16 bits per heavy atom. The van der Waals surface area contributed by atoms with E-state index in [0.29, 0.717) is 18.0 Å². The minimum Gasteiger partial charge on any atom is -0.366 e. The quantitative estimate of drug-likeness (QED) is 0.900. The minimum atomic E-state index is -0.120. The molecule has 1 N–H and O–H groups in total. The number of piperazine rings is 1. The minimum absolute atomic E-state index is 0.120. The first-order valence-electron chi connectivity index (χ1n) is 7.23. The third-order valence-corrected chi connectivity index (χ3v) is 3.88. The molecular weight excluding hydrogens is 239 g/mol. The summed E-state index contributed by atoms with van der Waals surface area (Å²) in [6.45, 7) is 10.6. The largest absolute Gasteiger partial charge is 0.366 e. The molecule has 2 atom stereocenters. The predicted octanol–water partition coefficient (Wildman–Crippen LogP) is 3.35. The second-order valence-corrected chi connectivity index (χ2v) is 6.17. The van der Waals surface area contributed by atoms with E-state index in [0.717, 1.165) is 24.3 Å². The van der Waals surface area contributed by atoms with Crippen LogP contribution >= 0.6 is 0 Å². The van der Waals surface area contributed by atoms with E-state index in [9.17, 15) is 4.39 Å². The van der Waals surface area contributed by atoms with Crippen LogP contribution in [0.5, 0.6) is 0 Å². The molecule has 0 aliphatic carbocycles. The van der Waals surface area contributed by atoms with Crippen LogP contribution in [0.2, 0.25) is 0 Å². The van der Waals surface area contributed by atoms with Gasteiger partial charge in [0.05, 0.1) is 0 Å². The maximum Gasteiger partial charge on any atom is 0.126 e. The van der Waals surface area contributed by atoms with Crippen molar-refractivity contribution >= 4 is 5.69 Å². The van der Waals surface area contributed by atoms with Gasteiger partial charge in [0.1, 0.15) is 5.82 Å². The summed E-state index contributed by atoms with van der Waals surface area (Å²) in [5.41, 5.74) is 1.87. The Morgan fingerprint density at radius 3 is 2.79 bits per heavy atom. The smallest absolute Gasteiger partial charge is 0.126 e. The molecule has 0 amide bonds. The average molecular weight is 264 g/mol. The van der Waals surface area contributed by atoms with Gasteiger partial charge in [0.2, 0.25) is 0 Å². The third-order valence-electron chi connectivity index (χ3n) is 3.88. The molecule has 0 spiro atoms. The molecule has 0 radical (unpaired) electrons. The number of benzene rings is 1. The first kappa shape index (κ1) is 14.3. The molecule has 0 bridgehead atoms. The highest BCUT2D eigenvalue weighted by Crippen LogP contribution is 2.23. The number of hydrogen-bond donors (Lipinski definition) is 1. The molecule has 2 nitrogen and oxygen atoms in total. The average Bonchev–Trinajstić information content (AvgIpc) is 2.34. The summed E-state index contributed by atoms with van der Waals surface area (Å²) in [4.78, 5) is 2.40. The molecule has 1 aromatic rings. The fraction of sp³-hybridized carbons (Fsp3) is 0.625. The molecule has 1 fully saturated rings. The van der Waals surface area contributed by atoms with Crippen molar-refractivity contribution in [3.8, 4) is 0 Å². The van der Waals surface area contributed by atoms with Gasteiger partial charge in [0.25, 0.3) is 0 Å². The Bertz CT molecular complexity index is 431. The standard InChI is InChI=1S/C16H25FN2/c1-11(2)7-14-10-19(13(4)9-18-14)15-5-6-16(17)12(3)8-15/h5-6,8,11,13-14,18H,7,9-10H2,1-4H3. The van der Waals surface area contributed by atoms with Crippen LogP contribution in [0.3, 0.4) is 0 Å². The lowest BCUT2D eigenvalue weighted by Crippen LogP contribution is -2.56. The zero-order chi connectivity index (χ0) is 14.0. The summed E-state index contributed by atoms with van der Waals surface area (Å²) in [6.07, 6.45) is 1.18. The van der Waals surface area contributed by atoms with Crippen molar-refractivity contribution in [1.29, 1.82) is 0 Å². The Balaban J connectivity index is 2.14. The van der Waals surface area contributed by atoms with Crippen LogP contribution in [-0.2, 0) is 0 Å². The lowest BCUT2D eigenvalue weighted by Gasteiger charge is -2.41. The van der Waals surface area contributed by atoms with E-state index in [1.54, 1.807) is 6.07 Å². The summed E-state index contributed by atoms with van der Waals surface area (Å²) in [5, 5.41) is 3.61. The summed E-state index contributed by atoms with van der Waals surface area (Å²) in [6, 6.07) is 6.42. The number of aryl methyl sites for hydroxylation is 1. The molecule has 3 heteroatoms. The number of nitrogens with one attached hydrogen (secondary N) is 1. The Hall–Kier alpha value is -1.09. The molecule has 2 unspecified atom stereocenters. The van der Waals surface area contributed by atoms with E-state index < -0.39 is 0 Å². The molecule has 1 aliphatic rings. The van der Waals surface area contributed by atoms with Gasteiger partial charge < -0.3 is 10.2 Å². The van der Waals surface area contributed by atoms with E-state index in [2.05, 4.69) is 31.0 Å². The van der Waals surface area contributed by atoms with Crippen LogP contribution in [0.1, 0.15) is 32.8 Å². The third kappa shape index (κ3) is 3.47. The van der Waals surface area contributed by atoms with Crippen LogP contribution in [0.4, 0.5) is 10.1 Å². The van der Waals surface area contributed by atoms with E-state index in [1.165, 1.54) is 6.42 Å². The summed E-state index contributed by atoms with van der Waals surface area (Å²) >= 11 is 0. The molecule has 1 heterocycles.